The van der Waals surface area contributed by atoms with Gasteiger partial charge in [0.05, 0.1) is 24.5 Å². The van der Waals surface area contributed by atoms with Crippen molar-refractivity contribution in [3.05, 3.63) is 46.5 Å². The number of rotatable bonds is 7. The Labute approximate surface area is 243 Å². The van der Waals surface area contributed by atoms with Gasteiger partial charge in [-0.1, -0.05) is 23.9 Å². The molecule has 1 aliphatic carbocycles. The number of amides is 1. The van der Waals surface area contributed by atoms with E-state index in [1.807, 2.05) is 32.9 Å². The van der Waals surface area contributed by atoms with Gasteiger partial charge in [-0.2, -0.15) is 9.97 Å². The minimum Gasteiger partial charge on any atom is -0.462 e. The number of fused-ring (bicyclic) bond motifs is 2. The molecule has 2 aliphatic heterocycles. The van der Waals surface area contributed by atoms with Crippen molar-refractivity contribution in [2.45, 2.75) is 38.8 Å². The van der Waals surface area contributed by atoms with E-state index in [-0.39, 0.29) is 35.2 Å². The summed E-state index contributed by atoms with van der Waals surface area (Å²) in [6.45, 7) is 14.6. The predicted molar refractivity (Wildman–Crippen MR) is 157 cm³/mol. The average Bonchev–Trinajstić information content (AvgIpc) is 3.53. The molecule has 2 aromatic heterocycles. The number of benzene rings is 1. The number of hydrogen-bond acceptors (Lipinski definition) is 10. The molecule has 0 bridgehead atoms. The number of halogens is 1. The maximum atomic E-state index is 16.5. The van der Waals surface area contributed by atoms with Crippen LogP contribution in [-0.2, 0) is 9.53 Å². The van der Waals surface area contributed by atoms with Crippen LogP contribution in [0.1, 0.15) is 30.9 Å². The number of aromatic nitrogens is 3. The van der Waals surface area contributed by atoms with Crippen LogP contribution >= 0.6 is 0 Å². The molecule has 1 aromatic carbocycles. The molecule has 1 unspecified atom stereocenters. The second kappa shape index (κ2) is 11.3. The van der Waals surface area contributed by atoms with Crippen LogP contribution in [0.2, 0.25) is 0 Å². The maximum Gasteiger partial charge on any atom is 0.319 e. The number of anilines is 2. The van der Waals surface area contributed by atoms with E-state index in [1.54, 1.807) is 11.0 Å². The fraction of sp³-hybridized carbons (Fsp3) is 0.467. The number of nitrogens with two attached hydrogens (primary N) is 1. The fourth-order valence-electron chi connectivity index (χ4n) is 6.18. The van der Waals surface area contributed by atoms with Gasteiger partial charge in [0, 0.05) is 50.0 Å². The number of ether oxygens (including phenoxy) is 2. The van der Waals surface area contributed by atoms with Gasteiger partial charge >= 0.3 is 6.01 Å². The second-order valence-electron chi connectivity index (χ2n) is 11.2. The monoisotopic (exact) mass is 577 g/mol. The van der Waals surface area contributed by atoms with Gasteiger partial charge in [-0.3, -0.25) is 9.69 Å². The van der Waals surface area contributed by atoms with Crippen molar-refractivity contribution in [3.63, 3.8) is 0 Å². The van der Waals surface area contributed by atoms with E-state index in [4.69, 9.17) is 24.7 Å². The zero-order valence-electron chi connectivity index (χ0n) is 24.2. The van der Waals surface area contributed by atoms with E-state index in [2.05, 4.69) is 26.5 Å². The molecule has 222 valence electrons. The van der Waals surface area contributed by atoms with Gasteiger partial charge in [-0.05, 0) is 44.0 Å². The van der Waals surface area contributed by atoms with E-state index in [9.17, 15) is 4.79 Å². The molecule has 1 amide bonds. The third-order valence-electron chi connectivity index (χ3n) is 8.43. The Bertz CT molecular complexity index is 1650. The average molecular weight is 578 g/mol. The first-order valence-corrected chi connectivity index (χ1v) is 14.3. The Morgan fingerprint density at radius 3 is 2.76 bits per heavy atom. The lowest BCUT2D eigenvalue weighted by Crippen LogP contribution is -2.59. The number of carbonyl (C=O) groups is 1. The SMILES string of the molecule is C=CC(=O)N1C[C@H](C)N(c2nc(OCCN3CCOCC3)nc3c2=CC(c2c(C)ccc4onc(N)c24)C=3F)C[C@H]1C. The molecule has 12 heteroatoms. The highest BCUT2D eigenvalue weighted by Gasteiger charge is 2.35. The lowest BCUT2D eigenvalue weighted by atomic mass is 9.91. The van der Waals surface area contributed by atoms with Crippen molar-refractivity contribution in [1.29, 1.82) is 0 Å². The standard InChI is InChI=1S/C30H36FN7O4/c1-5-23(39)37-15-19(4)38(16-18(37)3)29-21-14-20(24-17(2)6-7-22-25(24)28(32)35-42-22)26(31)27(21)33-30(34-29)41-13-10-36-8-11-40-12-9-36/h5-7,14,18-20H,1,8-13,15-16H2,2-4H3,(H2,32,35)/t18-,19+,20?/m1/s1. The molecule has 11 nitrogen and oxygen atoms in total. The Morgan fingerprint density at radius 2 is 2.00 bits per heavy atom. The number of morpholine rings is 1. The number of nitrogens with zero attached hydrogens (tertiary/aromatic N) is 6. The number of aryl methyl sites for hydroxylation is 1. The van der Waals surface area contributed by atoms with Crippen molar-refractivity contribution in [1.82, 2.24) is 24.9 Å². The van der Waals surface area contributed by atoms with Gasteiger partial charge in [-0.25, -0.2) is 4.39 Å². The molecule has 42 heavy (non-hydrogen) atoms. The fourth-order valence-corrected chi connectivity index (χ4v) is 6.18. The zero-order chi connectivity index (χ0) is 29.5. The zero-order valence-corrected chi connectivity index (χ0v) is 24.2. The molecule has 4 heterocycles. The summed E-state index contributed by atoms with van der Waals surface area (Å²) in [6.07, 6.45) is 3.19. The van der Waals surface area contributed by atoms with Crippen LogP contribution < -0.4 is 25.9 Å². The third-order valence-corrected chi connectivity index (χ3v) is 8.43. The van der Waals surface area contributed by atoms with Crippen molar-refractivity contribution >= 4 is 40.4 Å². The molecule has 6 rings (SSSR count). The van der Waals surface area contributed by atoms with Crippen molar-refractivity contribution in [3.8, 4) is 6.01 Å². The van der Waals surface area contributed by atoms with E-state index >= 15 is 4.39 Å². The summed E-state index contributed by atoms with van der Waals surface area (Å²) in [5.74, 6) is -0.491. The molecule has 0 spiro atoms. The molecule has 3 aromatic rings. The number of nitrogen functional groups attached to an aromatic ring is 1. The number of piperazine rings is 1. The first kappa shape index (κ1) is 28.1. The smallest absolute Gasteiger partial charge is 0.319 e. The summed E-state index contributed by atoms with van der Waals surface area (Å²) in [5.41, 5.74) is 8.21. The predicted octanol–water partition coefficient (Wildman–Crippen LogP) is 1.49. The highest BCUT2D eigenvalue weighted by molar-refractivity contribution is 5.94. The first-order chi connectivity index (χ1) is 20.3. The molecular weight excluding hydrogens is 541 g/mol. The summed E-state index contributed by atoms with van der Waals surface area (Å²) < 4.78 is 33.3. The molecule has 0 radical (unpaired) electrons. The van der Waals surface area contributed by atoms with Gasteiger partial charge in [-0.15, -0.1) is 0 Å². The van der Waals surface area contributed by atoms with Gasteiger partial charge in [0.1, 0.15) is 23.6 Å². The molecule has 2 fully saturated rings. The summed E-state index contributed by atoms with van der Waals surface area (Å²) in [5, 5.41) is 5.30. The minimum atomic E-state index is -0.751. The summed E-state index contributed by atoms with van der Waals surface area (Å²) in [6, 6.07) is 3.57. The number of carbonyl (C=O) groups excluding carboxylic acids is 1. The number of hydrogen-bond donors (Lipinski definition) is 1. The van der Waals surface area contributed by atoms with Crippen molar-refractivity contribution < 1.29 is 23.2 Å². The molecule has 2 N–H and O–H groups in total. The third kappa shape index (κ3) is 4.98. The van der Waals surface area contributed by atoms with E-state index in [1.165, 1.54) is 6.08 Å². The van der Waals surface area contributed by atoms with Gasteiger partial charge in [0.15, 0.2) is 11.4 Å². The summed E-state index contributed by atoms with van der Waals surface area (Å²) in [4.78, 5) is 28.1. The molecule has 0 saturated carbocycles. The minimum absolute atomic E-state index is 0.0975. The summed E-state index contributed by atoms with van der Waals surface area (Å²) in [7, 11) is 0. The van der Waals surface area contributed by atoms with Gasteiger partial charge < -0.3 is 29.5 Å². The van der Waals surface area contributed by atoms with Crippen LogP contribution in [0.4, 0.5) is 16.0 Å². The normalized spacial score (nSPS) is 22.8. The van der Waals surface area contributed by atoms with E-state index in [0.717, 1.165) is 18.7 Å². The lowest BCUT2D eigenvalue weighted by Gasteiger charge is -2.44. The van der Waals surface area contributed by atoms with Crippen molar-refractivity contribution in [2.24, 2.45) is 0 Å². The van der Waals surface area contributed by atoms with Crippen molar-refractivity contribution in [2.75, 3.05) is 63.2 Å². The summed E-state index contributed by atoms with van der Waals surface area (Å²) >= 11 is 0. The van der Waals surface area contributed by atoms with Gasteiger partial charge in [0.2, 0.25) is 5.91 Å². The molecular formula is C30H36FN7O4. The quantitative estimate of drug-likeness (QED) is 0.413. The maximum absolute atomic E-state index is 16.5. The largest absolute Gasteiger partial charge is 0.462 e. The van der Waals surface area contributed by atoms with Crippen LogP contribution in [0.5, 0.6) is 6.01 Å². The van der Waals surface area contributed by atoms with Gasteiger partial charge in [0.25, 0.3) is 0 Å². The van der Waals surface area contributed by atoms with Crippen LogP contribution in [0, 0.1) is 6.92 Å². The topological polar surface area (TPSA) is 123 Å². The van der Waals surface area contributed by atoms with E-state index < -0.39 is 11.7 Å². The Morgan fingerprint density at radius 1 is 1.21 bits per heavy atom. The van der Waals surface area contributed by atoms with Crippen LogP contribution in [0.25, 0.3) is 22.9 Å². The highest BCUT2D eigenvalue weighted by atomic mass is 19.1. The Balaban J connectivity index is 1.42. The van der Waals surface area contributed by atoms with Crippen LogP contribution in [-0.4, -0.2) is 95.5 Å². The van der Waals surface area contributed by atoms with Crippen LogP contribution in [0.15, 0.2) is 29.3 Å². The van der Waals surface area contributed by atoms with E-state index in [0.29, 0.717) is 67.0 Å². The first-order valence-electron chi connectivity index (χ1n) is 14.3. The van der Waals surface area contributed by atoms with Crippen LogP contribution in [0.3, 0.4) is 0 Å². The molecule has 3 aliphatic rings. The molecule has 2 saturated heterocycles. The lowest BCUT2D eigenvalue weighted by molar-refractivity contribution is -0.128. The Kier molecular flexibility index (Phi) is 7.58. The Hall–Kier alpha value is -4.03. The second-order valence-corrected chi connectivity index (χ2v) is 11.2. The highest BCUT2D eigenvalue weighted by Crippen LogP contribution is 2.39. The molecule has 3 atom stereocenters.